The Morgan fingerprint density at radius 2 is 2.00 bits per heavy atom. The molecule has 1 aromatic carbocycles. The molecule has 1 atom stereocenters. The summed E-state index contributed by atoms with van der Waals surface area (Å²) in [6.07, 6.45) is 2.57. The molecule has 17 heavy (non-hydrogen) atoms. The number of methoxy groups -OCH3 is 1. The SMILES string of the molecule is COC(=O)C(=O)NC1CCc2ccccc2C1. The van der Waals surface area contributed by atoms with E-state index in [0.717, 1.165) is 19.3 Å². The molecule has 0 spiro atoms. The lowest BCUT2D eigenvalue weighted by molar-refractivity contribution is -0.153. The van der Waals surface area contributed by atoms with E-state index < -0.39 is 11.9 Å². The van der Waals surface area contributed by atoms with Gasteiger partial charge >= 0.3 is 11.9 Å². The Kier molecular flexibility index (Phi) is 3.42. The molecular weight excluding hydrogens is 218 g/mol. The number of ether oxygens (including phenoxy) is 1. The lowest BCUT2D eigenvalue weighted by Crippen LogP contribution is -2.42. The second-order valence-electron chi connectivity index (χ2n) is 4.17. The molecule has 1 aromatic rings. The largest absolute Gasteiger partial charge is 0.462 e. The highest BCUT2D eigenvalue weighted by atomic mass is 16.5. The van der Waals surface area contributed by atoms with Crippen LogP contribution in [0.5, 0.6) is 0 Å². The zero-order valence-corrected chi connectivity index (χ0v) is 9.73. The van der Waals surface area contributed by atoms with Gasteiger partial charge < -0.3 is 10.1 Å². The maximum Gasteiger partial charge on any atom is 0.396 e. The number of esters is 1. The van der Waals surface area contributed by atoms with E-state index >= 15 is 0 Å². The standard InChI is InChI=1S/C13H15NO3/c1-17-13(16)12(15)14-11-7-6-9-4-2-3-5-10(9)8-11/h2-5,11H,6-8H2,1H3,(H,14,15). The van der Waals surface area contributed by atoms with Crippen molar-refractivity contribution in [2.75, 3.05) is 7.11 Å². The summed E-state index contributed by atoms with van der Waals surface area (Å²) in [5, 5.41) is 2.70. The van der Waals surface area contributed by atoms with Crippen molar-refractivity contribution in [3.8, 4) is 0 Å². The van der Waals surface area contributed by atoms with Gasteiger partial charge in [0.15, 0.2) is 0 Å². The summed E-state index contributed by atoms with van der Waals surface area (Å²) < 4.78 is 4.37. The summed E-state index contributed by atoms with van der Waals surface area (Å²) in [5.74, 6) is -1.49. The van der Waals surface area contributed by atoms with Gasteiger partial charge in [-0.25, -0.2) is 4.79 Å². The summed E-state index contributed by atoms with van der Waals surface area (Å²) in [6, 6.07) is 8.20. The Morgan fingerprint density at radius 1 is 1.29 bits per heavy atom. The zero-order chi connectivity index (χ0) is 12.3. The zero-order valence-electron chi connectivity index (χ0n) is 9.73. The van der Waals surface area contributed by atoms with E-state index in [-0.39, 0.29) is 6.04 Å². The van der Waals surface area contributed by atoms with Crippen molar-refractivity contribution in [2.45, 2.75) is 25.3 Å². The van der Waals surface area contributed by atoms with E-state index in [2.05, 4.69) is 22.2 Å². The summed E-state index contributed by atoms with van der Waals surface area (Å²) >= 11 is 0. The van der Waals surface area contributed by atoms with Crippen LogP contribution >= 0.6 is 0 Å². The molecule has 2 rings (SSSR count). The first kappa shape index (κ1) is 11.6. The molecule has 4 heteroatoms. The number of aryl methyl sites for hydroxylation is 1. The molecule has 1 amide bonds. The minimum Gasteiger partial charge on any atom is -0.462 e. The lowest BCUT2D eigenvalue weighted by Gasteiger charge is -2.24. The maximum absolute atomic E-state index is 11.4. The lowest BCUT2D eigenvalue weighted by atomic mass is 9.88. The first-order valence-electron chi connectivity index (χ1n) is 5.66. The van der Waals surface area contributed by atoms with Gasteiger partial charge in [0.25, 0.3) is 0 Å². The molecule has 4 nitrogen and oxygen atoms in total. The number of hydrogen-bond donors (Lipinski definition) is 1. The third kappa shape index (κ3) is 2.64. The third-order valence-electron chi connectivity index (χ3n) is 3.05. The number of carbonyl (C=O) groups is 2. The van der Waals surface area contributed by atoms with Gasteiger partial charge in [-0.15, -0.1) is 0 Å². The molecule has 0 heterocycles. The van der Waals surface area contributed by atoms with Gasteiger partial charge in [-0.3, -0.25) is 4.79 Å². The predicted molar refractivity (Wildman–Crippen MR) is 62.4 cm³/mol. The van der Waals surface area contributed by atoms with Crippen LogP contribution in [-0.4, -0.2) is 25.0 Å². The molecule has 0 aromatic heterocycles. The van der Waals surface area contributed by atoms with Crippen LogP contribution in [0.25, 0.3) is 0 Å². The summed E-state index contributed by atoms with van der Waals surface area (Å²) in [5.41, 5.74) is 2.57. The Bertz CT molecular complexity index is 442. The summed E-state index contributed by atoms with van der Waals surface area (Å²) in [7, 11) is 1.21. The quantitative estimate of drug-likeness (QED) is 0.577. The Hall–Kier alpha value is -1.84. The minimum atomic E-state index is -0.830. The second-order valence-corrected chi connectivity index (χ2v) is 4.17. The molecule has 0 bridgehead atoms. The second kappa shape index (κ2) is 4.99. The van der Waals surface area contributed by atoms with Crippen molar-refractivity contribution in [2.24, 2.45) is 0 Å². The number of fused-ring (bicyclic) bond motifs is 1. The fourth-order valence-electron chi connectivity index (χ4n) is 2.16. The highest BCUT2D eigenvalue weighted by Gasteiger charge is 2.22. The van der Waals surface area contributed by atoms with Gasteiger partial charge in [0.05, 0.1) is 7.11 Å². The molecule has 0 radical (unpaired) electrons. The van der Waals surface area contributed by atoms with Crippen molar-refractivity contribution in [1.29, 1.82) is 0 Å². The van der Waals surface area contributed by atoms with Gasteiger partial charge in [-0.2, -0.15) is 0 Å². The molecule has 1 aliphatic rings. The molecule has 0 aliphatic heterocycles. The topological polar surface area (TPSA) is 55.4 Å². The monoisotopic (exact) mass is 233 g/mol. The fourth-order valence-corrected chi connectivity index (χ4v) is 2.16. The highest BCUT2D eigenvalue weighted by Crippen LogP contribution is 2.20. The molecule has 0 saturated heterocycles. The molecule has 1 unspecified atom stereocenters. The number of benzene rings is 1. The Labute approximate surface area is 100.0 Å². The first-order chi connectivity index (χ1) is 8.20. The summed E-state index contributed by atoms with van der Waals surface area (Å²) in [6.45, 7) is 0. The Morgan fingerprint density at radius 3 is 2.71 bits per heavy atom. The van der Waals surface area contributed by atoms with Crippen LogP contribution in [-0.2, 0) is 27.2 Å². The van der Waals surface area contributed by atoms with Crippen LogP contribution in [0.1, 0.15) is 17.5 Å². The van der Waals surface area contributed by atoms with Crippen molar-refractivity contribution in [1.82, 2.24) is 5.32 Å². The van der Waals surface area contributed by atoms with Crippen LogP contribution in [0.4, 0.5) is 0 Å². The minimum absolute atomic E-state index is 0.0245. The van der Waals surface area contributed by atoms with E-state index in [4.69, 9.17) is 0 Å². The molecule has 0 saturated carbocycles. The van der Waals surface area contributed by atoms with Crippen molar-refractivity contribution in [3.63, 3.8) is 0 Å². The van der Waals surface area contributed by atoms with E-state index in [9.17, 15) is 9.59 Å². The first-order valence-corrected chi connectivity index (χ1v) is 5.66. The van der Waals surface area contributed by atoms with Gasteiger partial charge in [0.2, 0.25) is 0 Å². The number of carbonyl (C=O) groups excluding carboxylic acids is 2. The predicted octanol–water partition coefficient (Wildman–Crippen LogP) is 0.833. The van der Waals surface area contributed by atoms with Crippen LogP contribution in [0.2, 0.25) is 0 Å². The van der Waals surface area contributed by atoms with Crippen LogP contribution < -0.4 is 5.32 Å². The van der Waals surface area contributed by atoms with Crippen LogP contribution in [0, 0.1) is 0 Å². The van der Waals surface area contributed by atoms with E-state index in [0.29, 0.717) is 0 Å². The van der Waals surface area contributed by atoms with Gasteiger partial charge in [-0.1, -0.05) is 24.3 Å². The van der Waals surface area contributed by atoms with Gasteiger partial charge in [0, 0.05) is 6.04 Å². The highest BCUT2D eigenvalue weighted by molar-refractivity contribution is 6.32. The molecule has 1 aliphatic carbocycles. The maximum atomic E-state index is 11.4. The van der Waals surface area contributed by atoms with Crippen LogP contribution in [0.3, 0.4) is 0 Å². The average Bonchev–Trinajstić information content (AvgIpc) is 2.37. The molecule has 0 fully saturated rings. The summed E-state index contributed by atoms with van der Waals surface area (Å²) in [4.78, 5) is 22.4. The third-order valence-corrected chi connectivity index (χ3v) is 3.05. The van der Waals surface area contributed by atoms with Crippen LogP contribution in [0.15, 0.2) is 24.3 Å². The number of amides is 1. The molecule has 1 N–H and O–H groups in total. The number of hydrogen-bond acceptors (Lipinski definition) is 3. The van der Waals surface area contributed by atoms with Gasteiger partial charge in [-0.05, 0) is 30.4 Å². The normalized spacial score (nSPS) is 18.1. The fraction of sp³-hybridized carbons (Fsp3) is 0.385. The smallest absolute Gasteiger partial charge is 0.396 e. The van der Waals surface area contributed by atoms with E-state index in [1.54, 1.807) is 0 Å². The van der Waals surface area contributed by atoms with Gasteiger partial charge in [0.1, 0.15) is 0 Å². The number of rotatable bonds is 1. The molecular formula is C13H15NO3. The van der Waals surface area contributed by atoms with Crippen molar-refractivity contribution >= 4 is 11.9 Å². The van der Waals surface area contributed by atoms with E-state index in [1.165, 1.54) is 18.2 Å². The Balaban J connectivity index is 1.99. The van der Waals surface area contributed by atoms with Crippen molar-refractivity contribution < 1.29 is 14.3 Å². The van der Waals surface area contributed by atoms with E-state index in [1.807, 2.05) is 12.1 Å². The molecule has 90 valence electrons. The van der Waals surface area contributed by atoms with Crippen molar-refractivity contribution in [3.05, 3.63) is 35.4 Å². The number of nitrogens with one attached hydrogen (secondary N) is 1. The average molecular weight is 233 g/mol.